The van der Waals surface area contributed by atoms with Crippen LogP contribution in [0.1, 0.15) is 42.1 Å². The highest BCUT2D eigenvalue weighted by atomic mass is 16.5. The van der Waals surface area contributed by atoms with Gasteiger partial charge in [0.1, 0.15) is 5.75 Å². The fraction of sp³-hybridized carbons (Fsp3) is 0.350. The van der Waals surface area contributed by atoms with Crippen LogP contribution in [-0.4, -0.2) is 12.5 Å². The number of carbonyl (C=O) groups is 1. The van der Waals surface area contributed by atoms with Crippen LogP contribution in [-0.2, 0) is 11.2 Å². The SMILES string of the molecule is CCc1ccc([C@@H](C)NC(=O)COc2ccc(C)cc2C)cc1. The minimum atomic E-state index is -0.114. The van der Waals surface area contributed by atoms with Crippen molar-refractivity contribution in [1.82, 2.24) is 5.32 Å². The summed E-state index contributed by atoms with van der Waals surface area (Å²) in [5, 5.41) is 2.97. The van der Waals surface area contributed by atoms with Gasteiger partial charge in [-0.1, -0.05) is 48.9 Å². The van der Waals surface area contributed by atoms with E-state index in [0.717, 1.165) is 23.3 Å². The molecule has 3 heteroatoms. The molecule has 0 heterocycles. The van der Waals surface area contributed by atoms with Gasteiger partial charge in [-0.3, -0.25) is 4.79 Å². The molecule has 0 bridgehead atoms. The molecule has 2 aromatic rings. The normalized spacial score (nSPS) is 11.8. The number of rotatable bonds is 6. The second-order valence-corrected chi connectivity index (χ2v) is 5.94. The topological polar surface area (TPSA) is 38.3 Å². The Morgan fingerprint density at radius 2 is 1.83 bits per heavy atom. The molecule has 2 aromatic carbocycles. The monoisotopic (exact) mass is 311 g/mol. The summed E-state index contributed by atoms with van der Waals surface area (Å²) in [6, 6.07) is 14.2. The smallest absolute Gasteiger partial charge is 0.258 e. The number of amides is 1. The van der Waals surface area contributed by atoms with Crippen molar-refractivity contribution in [3.63, 3.8) is 0 Å². The summed E-state index contributed by atoms with van der Waals surface area (Å²) in [6.45, 7) is 8.16. The van der Waals surface area contributed by atoms with Gasteiger partial charge in [0.2, 0.25) is 0 Å². The van der Waals surface area contributed by atoms with Gasteiger partial charge in [0.25, 0.3) is 5.91 Å². The molecule has 1 N–H and O–H groups in total. The van der Waals surface area contributed by atoms with Gasteiger partial charge >= 0.3 is 0 Å². The first-order valence-electron chi connectivity index (χ1n) is 8.08. The molecular formula is C20H25NO2. The van der Waals surface area contributed by atoms with E-state index in [4.69, 9.17) is 4.74 Å². The van der Waals surface area contributed by atoms with Crippen molar-refractivity contribution in [3.8, 4) is 5.75 Å². The van der Waals surface area contributed by atoms with E-state index in [1.54, 1.807) is 0 Å². The van der Waals surface area contributed by atoms with E-state index in [1.807, 2.05) is 39.0 Å². The summed E-state index contributed by atoms with van der Waals surface area (Å²) in [7, 11) is 0. The predicted molar refractivity (Wildman–Crippen MR) is 93.8 cm³/mol. The number of ether oxygens (including phenoxy) is 1. The van der Waals surface area contributed by atoms with Crippen LogP contribution in [0.15, 0.2) is 42.5 Å². The summed E-state index contributed by atoms with van der Waals surface area (Å²) in [4.78, 5) is 12.1. The number of carbonyl (C=O) groups excluding carboxylic acids is 1. The average Bonchev–Trinajstić information content (AvgIpc) is 2.54. The lowest BCUT2D eigenvalue weighted by molar-refractivity contribution is -0.123. The molecule has 0 aliphatic carbocycles. The van der Waals surface area contributed by atoms with E-state index >= 15 is 0 Å². The zero-order chi connectivity index (χ0) is 16.8. The largest absolute Gasteiger partial charge is 0.484 e. The molecule has 2 rings (SSSR count). The lowest BCUT2D eigenvalue weighted by atomic mass is 10.1. The van der Waals surface area contributed by atoms with Gasteiger partial charge in [-0.15, -0.1) is 0 Å². The first-order valence-corrected chi connectivity index (χ1v) is 8.08. The van der Waals surface area contributed by atoms with E-state index in [9.17, 15) is 4.79 Å². The molecule has 0 unspecified atom stereocenters. The fourth-order valence-corrected chi connectivity index (χ4v) is 2.51. The number of nitrogens with one attached hydrogen (secondary N) is 1. The molecule has 0 aliphatic heterocycles. The molecule has 0 saturated carbocycles. The summed E-state index contributed by atoms with van der Waals surface area (Å²) < 4.78 is 5.61. The van der Waals surface area contributed by atoms with E-state index in [2.05, 4.69) is 36.5 Å². The highest BCUT2D eigenvalue weighted by Gasteiger charge is 2.10. The maximum atomic E-state index is 12.1. The van der Waals surface area contributed by atoms with Gasteiger partial charge in [-0.2, -0.15) is 0 Å². The molecule has 122 valence electrons. The molecule has 23 heavy (non-hydrogen) atoms. The third-order valence-electron chi connectivity index (χ3n) is 3.95. The molecular weight excluding hydrogens is 286 g/mol. The van der Waals surface area contributed by atoms with Crippen LogP contribution in [0.2, 0.25) is 0 Å². The first-order chi connectivity index (χ1) is 11.0. The molecule has 1 amide bonds. The van der Waals surface area contributed by atoms with Crippen LogP contribution >= 0.6 is 0 Å². The Bertz CT molecular complexity index is 662. The van der Waals surface area contributed by atoms with Crippen molar-refractivity contribution in [2.24, 2.45) is 0 Å². The Morgan fingerprint density at radius 1 is 1.13 bits per heavy atom. The third-order valence-corrected chi connectivity index (χ3v) is 3.95. The minimum Gasteiger partial charge on any atom is -0.484 e. The van der Waals surface area contributed by atoms with E-state index in [0.29, 0.717) is 0 Å². The van der Waals surface area contributed by atoms with Crippen LogP contribution in [0.25, 0.3) is 0 Å². The minimum absolute atomic E-state index is 0.0291. The summed E-state index contributed by atoms with van der Waals surface area (Å²) in [5.74, 6) is 0.641. The van der Waals surface area contributed by atoms with Crippen molar-refractivity contribution < 1.29 is 9.53 Å². The molecule has 0 spiro atoms. The Kier molecular flexibility index (Phi) is 5.80. The van der Waals surface area contributed by atoms with Crippen LogP contribution in [0, 0.1) is 13.8 Å². The van der Waals surface area contributed by atoms with Crippen LogP contribution in [0.4, 0.5) is 0 Å². The summed E-state index contributed by atoms with van der Waals surface area (Å²) in [6.07, 6.45) is 1.02. The van der Waals surface area contributed by atoms with Crippen molar-refractivity contribution in [2.45, 2.75) is 40.2 Å². The van der Waals surface area contributed by atoms with E-state index in [-0.39, 0.29) is 18.6 Å². The van der Waals surface area contributed by atoms with Gasteiger partial charge < -0.3 is 10.1 Å². The standard InChI is InChI=1S/C20H25NO2/c1-5-17-7-9-18(10-8-17)16(4)21-20(22)13-23-19-11-6-14(2)12-15(19)3/h6-12,16H,5,13H2,1-4H3,(H,21,22)/t16-/m1/s1. The molecule has 3 nitrogen and oxygen atoms in total. The lowest BCUT2D eigenvalue weighted by Gasteiger charge is -2.16. The van der Waals surface area contributed by atoms with Gasteiger partial charge in [-0.25, -0.2) is 0 Å². The van der Waals surface area contributed by atoms with Crippen LogP contribution in [0.5, 0.6) is 5.75 Å². The molecule has 0 saturated heterocycles. The second kappa shape index (κ2) is 7.82. The Balaban J connectivity index is 1.88. The van der Waals surface area contributed by atoms with Crippen molar-refractivity contribution >= 4 is 5.91 Å². The van der Waals surface area contributed by atoms with Crippen molar-refractivity contribution in [3.05, 3.63) is 64.7 Å². The van der Waals surface area contributed by atoms with Crippen LogP contribution in [0.3, 0.4) is 0 Å². The van der Waals surface area contributed by atoms with Gasteiger partial charge in [0.15, 0.2) is 6.61 Å². The first kappa shape index (κ1) is 17.1. The molecule has 0 radical (unpaired) electrons. The van der Waals surface area contributed by atoms with Crippen molar-refractivity contribution in [1.29, 1.82) is 0 Å². The number of hydrogen-bond acceptors (Lipinski definition) is 2. The maximum absolute atomic E-state index is 12.1. The zero-order valence-corrected chi connectivity index (χ0v) is 14.3. The summed E-state index contributed by atoms with van der Waals surface area (Å²) >= 11 is 0. The highest BCUT2D eigenvalue weighted by molar-refractivity contribution is 5.78. The summed E-state index contributed by atoms with van der Waals surface area (Å²) in [5.41, 5.74) is 4.62. The number of benzene rings is 2. The van der Waals surface area contributed by atoms with Crippen molar-refractivity contribution in [2.75, 3.05) is 6.61 Å². The number of aryl methyl sites for hydroxylation is 3. The number of hydrogen-bond donors (Lipinski definition) is 1. The molecule has 0 fully saturated rings. The molecule has 0 aliphatic rings. The second-order valence-electron chi connectivity index (χ2n) is 5.94. The van der Waals surface area contributed by atoms with E-state index < -0.39 is 0 Å². The van der Waals surface area contributed by atoms with Gasteiger partial charge in [0, 0.05) is 0 Å². The molecule has 1 atom stereocenters. The molecule has 0 aromatic heterocycles. The lowest BCUT2D eigenvalue weighted by Crippen LogP contribution is -2.31. The van der Waals surface area contributed by atoms with Gasteiger partial charge in [-0.05, 0) is 49.9 Å². The predicted octanol–water partition coefficient (Wildman–Crippen LogP) is 4.12. The fourth-order valence-electron chi connectivity index (χ4n) is 2.51. The zero-order valence-electron chi connectivity index (χ0n) is 14.3. The van der Waals surface area contributed by atoms with Gasteiger partial charge in [0.05, 0.1) is 6.04 Å². The quantitative estimate of drug-likeness (QED) is 0.871. The average molecular weight is 311 g/mol. The Hall–Kier alpha value is -2.29. The van der Waals surface area contributed by atoms with E-state index in [1.165, 1.54) is 11.1 Å². The van der Waals surface area contributed by atoms with Crippen LogP contribution < -0.4 is 10.1 Å². The highest BCUT2D eigenvalue weighted by Crippen LogP contribution is 2.19. The Morgan fingerprint density at radius 3 is 2.43 bits per heavy atom. The Labute approximate surface area is 138 Å². The maximum Gasteiger partial charge on any atom is 0.258 e. The third kappa shape index (κ3) is 4.85.